The molecule has 2 heterocycles. The van der Waals surface area contributed by atoms with Crippen LogP contribution in [0.2, 0.25) is 0 Å². The van der Waals surface area contributed by atoms with Crippen molar-refractivity contribution in [1.82, 2.24) is 4.98 Å². The Kier molecular flexibility index (Phi) is 4.50. The van der Waals surface area contributed by atoms with Gasteiger partial charge in [0.15, 0.2) is 5.56 Å². The average Bonchev–Trinajstić information content (AvgIpc) is 3.00. The minimum absolute atomic E-state index is 0.316. The summed E-state index contributed by atoms with van der Waals surface area (Å²) in [6.07, 6.45) is 0.793. The molecule has 3 rings (SSSR count). The first-order valence-electron chi connectivity index (χ1n) is 8.17. The number of hydrogen-bond donors (Lipinski definition) is 4. The summed E-state index contributed by atoms with van der Waals surface area (Å²) in [6.45, 7) is 3.15. The topological polar surface area (TPSA) is 114 Å². The summed E-state index contributed by atoms with van der Waals surface area (Å²) in [6, 6.07) is 7.38. The maximum atomic E-state index is 12.0. The second kappa shape index (κ2) is 6.60. The van der Waals surface area contributed by atoms with Crippen molar-refractivity contribution in [1.29, 1.82) is 0 Å². The van der Waals surface area contributed by atoms with Gasteiger partial charge in [-0.15, -0.1) is 0 Å². The van der Waals surface area contributed by atoms with Gasteiger partial charge in [0, 0.05) is 24.3 Å². The average molecular weight is 344 g/mol. The highest BCUT2D eigenvalue weighted by molar-refractivity contribution is 5.92. The van der Waals surface area contributed by atoms with Crippen molar-refractivity contribution in [2.45, 2.75) is 25.9 Å². The molecule has 4 N–H and O–H groups in total. The lowest BCUT2D eigenvalue weighted by atomic mass is 10.0. The molecular formula is C18H20N2O5. The summed E-state index contributed by atoms with van der Waals surface area (Å²) in [7, 11) is 0. The molecule has 0 saturated carbocycles. The van der Waals surface area contributed by atoms with Gasteiger partial charge in [-0.25, -0.2) is 4.79 Å². The maximum absolute atomic E-state index is 12.0. The van der Waals surface area contributed by atoms with Gasteiger partial charge in [0.25, 0.3) is 5.56 Å². The predicted molar refractivity (Wildman–Crippen MR) is 93.3 cm³/mol. The number of β-amino-alcohol motifs (C(OH)–C–C–N with tert-alkyl or cyclic N) is 1. The molecule has 1 aromatic heterocycles. The van der Waals surface area contributed by atoms with E-state index < -0.39 is 22.8 Å². The van der Waals surface area contributed by atoms with E-state index in [1.54, 1.807) is 6.92 Å². The van der Waals surface area contributed by atoms with E-state index in [4.69, 9.17) is 5.11 Å². The van der Waals surface area contributed by atoms with Crippen LogP contribution in [-0.4, -0.2) is 45.5 Å². The first-order valence-corrected chi connectivity index (χ1v) is 8.17. The molecule has 0 unspecified atom stereocenters. The second-order valence-electron chi connectivity index (χ2n) is 6.13. The highest BCUT2D eigenvalue weighted by Crippen LogP contribution is 2.31. The Bertz CT molecular complexity index is 857. The number of aliphatic hydroxyl groups is 1. The number of aromatic carboxylic acids is 1. The molecule has 132 valence electrons. The van der Waals surface area contributed by atoms with Crippen molar-refractivity contribution in [2.24, 2.45) is 0 Å². The Morgan fingerprint density at radius 2 is 2.00 bits per heavy atom. The number of pyridine rings is 1. The van der Waals surface area contributed by atoms with Gasteiger partial charge in [-0.1, -0.05) is 19.1 Å². The Labute approximate surface area is 144 Å². The van der Waals surface area contributed by atoms with Gasteiger partial charge < -0.3 is 25.2 Å². The van der Waals surface area contributed by atoms with Crippen LogP contribution >= 0.6 is 0 Å². The standard InChI is InChI=1S/C18H20N2O5/c1-2-13-15(19-17(23)14(16(13)22)18(24)25)10-3-5-11(6-4-10)20-8-7-12(21)9-20/h3-6,12,21H,2,7-9H2,1H3,(H,24,25)(H2,19,22,23)/t12-/m0/s1. The molecule has 7 nitrogen and oxygen atoms in total. The number of carboxylic acids is 1. The smallest absolute Gasteiger partial charge is 0.345 e. The Morgan fingerprint density at radius 1 is 1.32 bits per heavy atom. The Morgan fingerprint density at radius 3 is 2.52 bits per heavy atom. The number of H-pyrrole nitrogens is 1. The number of benzene rings is 1. The molecule has 0 bridgehead atoms. The van der Waals surface area contributed by atoms with Crippen LogP contribution in [0.25, 0.3) is 11.3 Å². The van der Waals surface area contributed by atoms with E-state index in [0.717, 1.165) is 18.7 Å². The van der Waals surface area contributed by atoms with Gasteiger partial charge in [0.2, 0.25) is 0 Å². The quantitative estimate of drug-likeness (QED) is 0.670. The zero-order chi connectivity index (χ0) is 18.1. The molecule has 25 heavy (non-hydrogen) atoms. The summed E-state index contributed by atoms with van der Waals surface area (Å²) in [4.78, 5) is 27.8. The molecule has 2 aromatic rings. The molecule has 1 saturated heterocycles. The van der Waals surface area contributed by atoms with E-state index in [1.165, 1.54) is 0 Å². The SMILES string of the molecule is CCc1c(-c2ccc(N3CC[C@H](O)C3)cc2)[nH]c(=O)c(C(=O)O)c1O. The summed E-state index contributed by atoms with van der Waals surface area (Å²) in [5, 5.41) is 28.9. The van der Waals surface area contributed by atoms with Crippen molar-refractivity contribution >= 4 is 11.7 Å². The highest BCUT2D eigenvalue weighted by atomic mass is 16.4. The van der Waals surface area contributed by atoms with Crippen molar-refractivity contribution in [3.05, 3.63) is 45.7 Å². The zero-order valence-electron chi connectivity index (χ0n) is 13.8. The van der Waals surface area contributed by atoms with E-state index in [0.29, 0.717) is 29.8 Å². The van der Waals surface area contributed by atoms with Crippen LogP contribution in [0, 0.1) is 0 Å². The van der Waals surface area contributed by atoms with Crippen molar-refractivity contribution in [2.75, 3.05) is 18.0 Å². The molecule has 0 amide bonds. The fourth-order valence-corrected chi connectivity index (χ4v) is 3.23. The largest absolute Gasteiger partial charge is 0.506 e. The van der Waals surface area contributed by atoms with E-state index in [1.807, 2.05) is 24.3 Å². The third-order valence-electron chi connectivity index (χ3n) is 4.54. The van der Waals surface area contributed by atoms with Crippen LogP contribution < -0.4 is 10.5 Å². The minimum Gasteiger partial charge on any atom is -0.506 e. The summed E-state index contributed by atoms with van der Waals surface area (Å²) in [5.74, 6) is -1.94. The monoisotopic (exact) mass is 344 g/mol. The van der Waals surface area contributed by atoms with Gasteiger partial charge in [-0.05, 0) is 30.5 Å². The van der Waals surface area contributed by atoms with Gasteiger partial charge in [0.05, 0.1) is 11.8 Å². The Hall–Kier alpha value is -2.80. The molecule has 1 aromatic carbocycles. The lowest BCUT2D eigenvalue weighted by molar-refractivity contribution is 0.0691. The summed E-state index contributed by atoms with van der Waals surface area (Å²) in [5.41, 5.74) is 0.994. The fourth-order valence-electron chi connectivity index (χ4n) is 3.23. The van der Waals surface area contributed by atoms with Crippen LogP contribution in [0.3, 0.4) is 0 Å². The van der Waals surface area contributed by atoms with Crippen molar-refractivity contribution in [3.63, 3.8) is 0 Å². The fraction of sp³-hybridized carbons (Fsp3) is 0.333. The predicted octanol–water partition coefficient (Wildman–Crippen LogP) is 1.58. The van der Waals surface area contributed by atoms with Crippen LogP contribution in [0.15, 0.2) is 29.1 Å². The van der Waals surface area contributed by atoms with E-state index in [2.05, 4.69) is 9.88 Å². The molecule has 0 aliphatic carbocycles. The molecule has 1 aliphatic heterocycles. The van der Waals surface area contributed by atoms with Crippen molar-refractivity contribution < 1.29 is 20.1 Å². The van der Waals surface area contributed by atoms with E-state index >= 15 is 0 Å². The number of hydrogen-bond acceptors (Lipinski definition) is 5. The van der Waals surface area contributed by atoms with Crippen LogP contribution in [0.5, 0.6) is 5.75 Å². The van der Waals surface area contributed by atoms with Gasteiger partial charge in [0.1, 0.15) is 5.75 Å². The number of aromatic hydroxyl groups is 1. The summed E-state index contributed by atoms with van der Waals surface area (Å²) >= 11 is 0. The number of anilines is 1. The zero-order valence-corrected chi connectivity index (χ0v) is 13.8. The first-order chi connectivity index (χ1) is 11.9. The normalized spacial score (nSPS) is 17.0. The van der Waals surface area contributed by atoms with Gasteiger partial charge >= 0.3 is 5.97 Å². The molecule has 0 spiro atoms. The molecular weight excluding hydrogens is 324 g/mol. The molecule has 1 atom stereocenters. The van der Waals surface area contributed by atoms with E-state index in [-0.39, 0.29) is 6.10 Å². The lowest BCUT2D eigenvalue weighted by Gasteiger charge is -2.18. The van der Waals surface area contributed by atoms with E-state index in [9.17, 15) is 19.8 Å². The lowest BCUT2D eigenvalue weighted by Crippen LogP contribution is -2.21. The number of rotatable bonds is 4. The highest BCUT2D eigenvalue weighted by Gasteiger charge is 2.23. The number of carbonyl (C=O) groups is 1. The Balaban J connectivity index is 2.02. The maximum Gasteiger partial charge on any atom is 0.345 e. The first kappa shape index (κ1) is 17.0. The number of nitrogens with zero attached hydrogens (tertiary/aromatic N) is 1. The number of aliphatic hydroxyl groups excluding tert-OH is 1. The minimum atomic E-state index is -1.46. The molecule has 7 heteroatoms. The third kappa shape index (κ3) is 3.10. The number of carboxylic acid groups (broad SMARTS) is 1. The second-order valence-corrected chi connectivity index (χ2v) is 6.13. The third-order valence-corrected chi connectivity index (χ3v) is 4.54. The number of aromatic amines is 1. The summed E-state index contributed by atoms with van der Waals surface area (Å²) < 4.78 is 0. The number of aromatic nitrogens is 1. The molecule has 1 fully saturated rings. The molecule has 0 radical (unpaired) electrons. The van der Waals surface area contributed by atoms with Gasteiger partial charge in [-0.3, -0.25) is 4.79 Å². The molecule has 1 aliphatic rings. The van der Waals surface area contributed by atoms with Crippen molar-refractivity contribution in [3.8, 4) is 17.0 Å². The van der Waals surface area contributed by atoms with Crippen LogP contribution in [-0.2, 0) is 6.42 Å². The number of nitrogens with one attached hydrogen (secondary N) is 1. The van der Waals surface area contributed by atoms with Gasteiger partial charge in [-0.2, -0.15) is 0 Å². The van der Waals surface area contributed by atoms with Crippen LogP contribution in [0.4, 0.5) is 5.69 Å². The van der Waals surface area contributed by atoms with Crippen LogP contribution in [0.1, 0.15) is 29.3 Å².